The van der Waals surface area contributed by atoms with Crippen molar-refractivity contribution in [2.24, 2.45) is 0 Å². The zero-order valence-electron chi connectivity index (χ0n) is 13.9. The average Bonchev–Trinajstić information content (AvgIpc) is 2.81. The quantitative estimate of drug-likeness (QED) is 0.767. The maximum atomic E-state index is 13.2. The second-order valence-electron chi connectivity index (χ2n) is 7.34. The molecule has 0 aliphatic carbocycles. The van der Waals surface area contributed by atoms with Crippen LogP contribution in [0.4, 0.5) is 23.7 Å². The van der Waals surface area contributed by atoms with Gasteiger partial charge in [0.2, 0.25) is 0 Å². The fourth-order valence-electron chi connectivity index (χ4n) is 3.39. The van der Waals surface area contributed by atoms with Gasteiger partial charge in [-0.2, -0.15) is 13.2 Å². The lowest BCUT2D eigenvalue weighted by molar-refractivity contribution is -0.136. The summed E-state index contributed by atoms with van der Waals surface area (Å²) >= 11 is 0. The Labute approximate surface area is 139 Å². The number of alkyl halides is 3. The third kappa shape index (κ3) is 3.16. The molecule has 7 heteroatoms. The van der Waals surface area contributed by atoms with E-state index in [1.54, 1.807) is 31.7 Å². The van der Waals surface area contributed by atoms with Gasteiger partial charge in [0.25, 0.3) is 0 Å². The summed E-state index contributed by atoms with van der Waals surface area (Å²) in [6.07, 6.45) is -4.21. The zero-order chi connectivity index (χ0) is 17.7. The molecule has 132 valence electrons. The number of hydrogen-bond acceptors (Lipinski definition) is 3. The number of ether oxygens (including phenoxy) is 1. The highest BCUT2D eigenvalue weighted by Gasteiger charge is 2.43. The molecule has 1 N–H and O–H groups in total. The molecule has 1 saturated heterocycles. The number of carbonyl (C=O) groups excluding carboxylic acids is 1. The average molecular weight is 342 g/mol. The Morgan fingerprint density at radius 1 is 1.29 bits per heavy atom. The predicted molar refractivity (Wildman–Crippen MR) is 84.0 cm³/mol. The van der Waals surface area contributed by atoms with Gasteiger partial charge in [0.15, 0.2) is 0 Å². The van der Waals surface area contributed by atoms with E-state index in [2.05, 4.69) is 5.32 Å². The van der Waals surface area contributed by atoms with E-state index in [-0.39, 0.29) is 17.6 Å². The number of nitrogens with zero attached hydrogens (tertiary/aromatic N) is 1. The third-order valence-electron chi connectivity index (χ3n) is 4.40. The fraction of sp³-hybridized carbons (Fsp3) is 0.588. The van der Waals surface area contributed by atoms with E-state index < -0.39 is 23.4 Å². The Bertz CT molecular complexity index is 652. The topological polar surface area (TPSA) is 41.6 Å². The summed E-state index contributed by atoms with van der Waals surface area (Å²) in [7, 11) is 0. The lowest BCUT2D eigenvalue weighted by Crippen LogP contribution is -2.46. The van der Waals surface area contributed by atoms with Crippen LogP contribution in [-0.2, 0) is 10.9 Å². The molecule has 2 aliphatic rings. The van der Waals surface area contributed by atoms with Crippen LogP contribution in [0, 0.1) is 0 Å². The number of carbonyl (C=O) groups is 1. The van der Waals surface area contributed by atoms with Gasteiger partial charge in [0.1, 0.15) is 5.60 Å². The van der Waals surface area contributed by atoms with E-state index in [0.717, 1.165) is 6.07 Å². The molecule has 3 rings (SSSR count). The minimum absolute atomic E-state index is 0.0813. The van der Waals surface area contributed by atoms with Crippen molar-refractivity contribution < 1.29 is 22.7 Å². The molecular weight excluding hydrogens is 321 g/mol. The van der Waals surface area contributed by atoms with Crippen LogP contribution in [0.1, 0.15) is 44.2 Å². The standard InChI is InChI=1S/C17H21F3N2O2/c1-16(2,3)24-15(23)22-8-7-13-11(9-22)10-5-4-6-12(14(10)21-13)17(18,19)20/h4-6,11,13,21H,7-9H2,1-3H3/t11-,13-/m0/s1. The number of hydrogen-bond donors (Lipinski definition) is 1. The number of benzene rings is 1. The van der Waals surface area contributed by atoms with Gasteiger partial charge in [-0.25, -0.2) is 4.79 Å². The van der Waals surface area contributed by atoms with Gasteiger partial charge in [-0.1, -0.05) is 12.1 Å². The Balaban J connectivity index is 1.83. The minimum atomic E-state index is -4.39. The SMILES string of the molecule is CC(C)(C)OC(=O)N1CC[C@@H]2Nc3c(cccc3C(F)(F)F)[C@@H]2C1. The zero-order valence-corrected chi connectivity index (χ0v) is 13.9. The molecule has 0 bridgehead atoms. The van der Waals surface area contributed by atoms with Crippen molar-refractivity contribution in [3.05, 3.63) is 29.3 Å². The van der Waals surface area contributed by atoms with E-state index in [1.165, 1.54) is 6.07 Å². The summed E-state index contributed by atoms with van der Waals surface area (Å²) in [6.45, 7) is 6.21. The first kappa shape index (κ1) is 16.9. The van der Waals surface area contributed by atoms with E-state index in [9.17, 15) is 18.0 Å². The van der Waals surface area contributed by atoms with Crippen molar-refractivity contribution in [1.82, 2.24) is 4.90 Å². The second-order valence-corrected chi connectivity index (χ2v) is 7.34. The smallest absolute Gasteiger partial charge is 0.418 e. The largest absolute Gasteiger partial charge is 0.444 e. The fourth-order valence-corrected chi connectivity index (χ4v) is 3.39. The lowest BCUT2D eigenvalue weighted by atomic mass is 9.89. The van der Waals surface area contributed by atoms with E-state index in [0.29, 0.717) is 25.1 Å². The van der Waals surface area contributed by atoms with Gasteiger partial charge in [0.05, 0.1) is 11.3 Å². The van der Waals surface area contributed by atoms with Crippen LogP contribution < -0.4 is 5.32 Å². The molecule has 2 heterocycles. The predicted octanol–water partition coefficient (Wildman–Crippen LogP) is 4.22. The van der Waals surface area contributed by atoms with Crippen LogP contribution in [0.2, 0.25) is 0 Å². The molecule has 2 aliphatic heterocycles. The first-order valence-corrected chi connectivity index (χ1v) is 8.01. The van der Waals surface area contributed by atoms with Gasteiger partial charge in [-0.15, -0.1) is 0 Å². The second kappa shape index (κ2) is 5.57. The molecule has 2 atom stereocenters. The maximum absolute atomic E-state index is 13.2. The highest BCUT2D eigenvalue weighted by Crippen LogP contribution is 2.46. The van der Waals surface area contributed by atoms with Crippen molar-refractivity contribution in [2.75, 3.05) is 18.4 Å². The first-order chi connectivity index (χ1) is 11.1. The summed E-state index contributed by atoms with van der Waals surface area (Å²) in [5.41, 5.74) is -0.448. The van der Waals surface area contributed by atoms with Crippen LogP contribution in [-0.4, -0.2) is 35.7 Å². The normalized spacial score (nSPS) is 23.3. The van der Waals surface area contributed by atoms with E-state index >= 15 is 0 Å². The molecule has 4 nitrogen and oxygen atoms in total. The number of anilines is 1. The number of fused-ring (bicyclic) bond motifs is 3. The Morgan fingerprint density at radius 3 is 2.62 bits per heavy atom. The molecule has 1 aromatic rings. The van der Waals surface area contributed by atoms with Crippen molar-refractivity contribution in [1.29, 1.82) is 0 Å². The molecule has 0 spiro atoms. The van der Waals surface area contributed by atoms with Gasteiger partial charge in [0, 0.05) is 25.0 Å². The van der Waals surface area contributed by atoms with Crippen molar-refractivity contribution in [2.45, 2.75) is 50.9 Å². The highest BCUT2D eigenvalue weighted by atomic mass is 19.4. The maximum Gasteiger partial charge on any atom is 0.418 e. The molecule has 1 aromatic carbocycles. The van der Waals surface area contributed by atoms with Crippen LogP contribution in [0.5, 0.6) is 0 Å². The van der Waals surface area contributed by atoms with E-state index in [4.69, 9.17) is 4.74 Å². The first-order valence-electron chi connectivity index (χ1n) is 8.01. The summed E-state index contributed by atoms with van der Waals surface area (Å²) in [4.78, 5) is 13.8. The van der Waals surface area contributed by atoms with Gasteiger partial charge < -0.3 is 15.0 Å². The summed E-state index contributed by atoms with van der Waals surface area (Å²) < 4.78 is 44.9. The van der Waals surface area contributed by atoms with Crippen molar-refractivity contribution >= 4 is 11.8 Å². The number of halogens is 3. The van der Waals surface area contributed by atoms with Crippen molar-refractivity contribution in [3.63, 3.8) is 0 Å². The number of nitrogens with one attached hydrogen (secondary N) is 1. The van der Waals surface area contributed by atoms with Gasteiger partial charge >= 0.3 is 12.3 Å². The van der Waals surface area contributed by atoms with Crippen LogP contribution in [0.3, 0.4) is 0 Å². The summed E-state index contributed by atoms with van der Waals surface area (Å²) in [5, 5.41) is 3.02. The molecule has 1 fully saturated rings. The number of likely N-dealkylation sites (tertiary alicyclic amines) is 1. The minimum Gasteiger partial charge on any atom is -0.444 e. The summed E-state index contributed by atoms with van der Waals surface area (Å²) in [6, 6.07) is 4.15. The Morgan fingerprint density at radius 2 is 2.00 bits per heavy atom. The number of amides is 1. The lowest BCUT2D eigenvalue weighted by Gasteiger charge is -2.36. The van der Waals surface area contributed by atoms with Crippen LogP contribution in [0.15, 0.2) is 18.2 Å². The molecule has 0 radical (unpaired) electrons. The summed E-state index contributed by atoms with van der Waals surface area (Å²) in [5.74, 6) is -0.149. The van der Waals surface area contributed by atoms with Gasteiger partial charge in [-0.05, 0) is 38.8 Å². The Hall–Kier alpha value is -1.92. The molecule has 1 amide bonds. The number of rotatable bonds is 0. The molecular formula is C17H21F3N2O2. The number of piperidine rings is 1. The molecule has 24 heavy (non-hydrogen) atoms. The Kier molecular flexibility index (Phi) is 3.92. The monoisotopic (exact) mass is 342 g/mol. The molecule has 0 aromatic heterocycles. The van der Waals surface area contributed by atoms with Crippen molar-refractivity contribution in [3.8, 4) is 0 Å². The number of para-hydroxylation sites is 1. The molecule has 0 saturated carbocycles. The highest BCUT2D eigenvalue weighted by molar-refractivity contribution is 5.70. The van der Waals surface area contributed by atoms with Gasteiger partial charge in [-0.3, -0.25) is 0 Å². The van der Waals surface area contributed by atoms with Crippen LogP contribution >= 0.6 is 0 Å². The third-order valence-corrected chi connectivity index (χ3v) is 4.40. The molecule has 0 unspecified atom stereocenters. The van der Waals surface area contributed by atoms with Crippen LogP contribution in [0.25, 0.3) is 0 Å². The van der Waals surface area contributed by atoms with E-state index in [1.807, 2.05) is 0 Å².